The molecule has 140 valence electrons. The van der Waals surface area contributed by atoms with Gasteiger partial charge in [-0.15, -0.1) is 0 Å². The Morgan fingerprint density at radius 3 is 2.81 bits per heavy atom. The van der Waals surface area contributed by atoms with E-state index in [0.29, 0.717) is 6.54 Å². The fraction of sp³-hybridized carbons (Fsp3) is 0.381. The molecule has 6 heteroatoms. The molecule has 2 aliphatic rings. The van der Waals surface area contributed by atoms with Gasteiger partial charge in [-0.3, -0.25) is 9.59 Å². The molecule has 2 aliphatic heterocycles. The minimum atomic E-state index is -0.282. The van der Waals surface area contributed by atoms with Crippen LogP contribution in [0.4, 0.5) is 5.69 Å². The van der Waals surface area contributed by atoms with Crippen molar-refractivity contribution in [2.24, 2.45) is 0 Å². The quantitative estimate of drug-likeness (QED) is 0.904. The average Bonchev–Trinajstić information content (AvgIpc) is 3.32. The van der Waals surface area contributed by atoms with Gasteiger partial charge in [-0.2, -0.15) is 0 Å². The molecule has 0 saturated carbocycles. The molecule has 6 nitrogen and oxygen atoms in total. The summed E-state index contributed by atoms with van der Waals surface area (Å²) in [5.74, 6) is -0.462. The lowest BCUT2D eigenvalue weighted by Gasteiger charge is -2.22. The van der Waals surface area contributed by atoms with Gasteiger partial charge >= 0.3 is 0 Å². The number of aromatic nitrogens is 1. The van der Waals surface area contributed by atoms with Crippen LogP contribution in [0.25, 0.3) is 0 Å². The van der Waals surface area contributed by atoms with Gasteiger partial charge in [0, 0.05) is 24.9 Å². The summed E-state index contributed by atoms with van der Waals surface area (Å²) in [6.07, 6.45) is 2.88. The Bertz CT molecular complexity index is 861. The summed E-state index contributed by atoms with van der Waals surface area (Å²) >= 11 is 0. The minimum Gasteiger partial charge on any atom is -0.376 e. The third-order valence-corrected chi connectivity index (χ3v) is 5.14. The Labute approximate surface area is 158 Å². The molecule has 2 aromatic rings. The molecule has 0 radical (unpaired) electrons. The third-order valence-electron chi connectivity index (χ3n) is 5.14. The van der Waals surface area contributed by atoms with Crippen molar-refractivity contribution >= 4 is 17.5 Å². The lowest BCUT2D eigenvalue weighted by molar-refractivity contribution is 0.0853. The van der Waals surface area contributed by atoms with Gasteiger partial charge in [0.25, 0.3) is 11.8 Å². The second-order valence-electron chi connectivity index (χ2n) is 7.11. The monoisotopic (exact) mass is 365 g/mol. The summed E-state index contributed by atoms with van der Waals surface area (Å²) in [6, 6.07) is 13.0. The van der Waals surface area contributed by atoms with E-state index in [2.05, 4.69) is 10.3 Å². The largest absolute Gasteiger partial charge is 0.376 e. The maximum absolute atomic E-state index is 13.1. The smallest absolute Gasteiger partial charge is 0.277 e. The van der Waals surface area contributed by atoms with Gasteiger partial charge in [0.05, 0.1) is 6.10 Å². The van der Waals surface area contributed by atoms with Crippen LogP contribution in [0.1, 0.15) is 46.3 Å². The number of pyridine rings is 1. The fourth-order valence-corrected chi connectivity index (χ4v) is 3.78. The molecular weight excluding hydrogens is 342 g/mol. The van der Waals surface area contributed by atoms with Crippen LogP contribution in [0.5, 0.6) is 0 Å². The number of ether oxygens (including phenoxy) is 1. The number of carbonyl (C=O) groups is 2. The molecular formula is C21H23N3O3. The van der Waals surface area contributed by atoms with Gasteiger partial charge in [-0.25, -0.2) is 4.98 Å². The SMILES string of the molecule is CC1Cc2ccccc2N1C(=O)c1cccc(C(=O)NCC2CCCO2)n1. The van der Waals surface area contributed by atoms with Gasteiger partial charge in [0.1, 0.15) is 11.4 Å². The molecule has 0 aliphatic carbocycles. The maximum atomic E-state index is 13.1. The first-order valence-electron chi connectivity index (χ1n) is 9.42. The summed E-state index contributed by atoms with van der Waals surface area (Å²) in [5, 5.41) is 2.85. The van der Waals surface area contributed by atoms with Crippen LogP contribution in [-0.2, 0) is 11.2 Å². The lowest BCUT2D eigenvalue weighted by atomic mass is 10.1. The zero-order valence-corrected chi connectivity index (χ0v) is 15.4. The number of hydrogen-bond donors (Lipinski definition) is 1. The van der Waals surface area contributed by atoms with Crippen LogP contribution in [0.2, 0.25) is 0 Å². The predicted octanol–water partition coefficient (Wildman–Crippen LogP) is 2.58. The molecule has 1 aromatic carbocycles. The Hall–Kier alpha value is -2.73. The molecule has 2 amide bonds. The van der Waals surface area contributed by atoms with Crippen molar-refractivity contribution in [3.63, 3.8) is 0 Å². The Kier molecular flexibility index (Phi) is 4.90. The van der Waals surface area contributed by atoms with Gasteiger partial charge < -0.3 is 15.0 Å². The van der Waals surface area contributed by atoms with E-state index in [0.717, 1.165) is 37.1 Å². The highest BCUT2D eigenvalue weighted by atomic mass is 16.5. The minimum absolute atomic E-state index is 0.0636. The summed E-state index contributed by atoms with van der Waals surface area (Å²) in [6.45, 7) is 3.24. The van der Waals surface area contributed by atoms with Gasteiger partial charge in [0.2, 0.25) is 0 Å². The molecule has 2 unspecified atom stereocenters. The summed E-state index contributed by atoms with van der Waals surface area (Å²) < 4.78 is 5.52. The van der Waals surface area contributed by atoms with Crippen molar-refractivity contribution < 1.29 is 14.3 Å². The van der Waals surface area contributed by atoms with E-state index in [9.17, 15) is 9.59 Å². The highest BCUT2D eigenvalue weighted by Gasteiger charge is 2.32. The molecule has 2 atom stereocenters. The van der Waals surface area contributed by atoms with E-state index < -0.39 is 0 Å². The van der Waals surface area contributed by atoms with Gasteiger partial charge in [0.15, 0.2) is 0 Å². The van der Waals surface area contributed by atoms with Gasteiger partial charge in [-0.1, -0.05) is 24.3 Å². The summed E-state index contributed by atoms with van der Waals surface area (Å²) in [4.78, 5) is 31.6. The second kappa shape index (κ2) is 7.48. The van der Waals surface area contributed by atoms with Crippen molar-refractivity contribution in [3.8, 4) is 0 Å². The number of amides is 2. The van der Waals surface area contributed by atoms with Gasteiger partial charge in [-0.05, 0) is 49.9 Å². The van der Waals surface area contributed by atoms with E-state index >= 15 is 0 Å². The molecule has 1 saturated heterocycles. The molecule has 1 aromatic heterocycles. The van der Waals surface area contributed by atoms with Crippen LogP contribution in [0, 0.1) is 0 Å². The number of fused-ring (bicyclic) bond motifs is 1. The first-order chi connectivity index (χ1) is 13.1. The zero-order valence-electron chi connectivity index (χ0n) is 15.4. The second-order valence-corrected chi connectivity index (χ2v) is 7.11. The fourth-order valence-electron chi connectivity index (χ4n) is 3.78. The van der Waals surface area contributed by atoms with Crippen molar-refractivity contribution in [1.29, 1.82) is 0 Å². The van der Waals surface area contributed by atoms with Crippen LogP contribution >= 0.6 is 0 Å². The third kappa shape index (κ3) is 3.57. The molecule has 3 heterocycles. The van der Waals surface area contributed by atoms with Crippen molar-refractivity contribution in [2.45, 2.75) is 38.3 Å². The van der Waals surface area contributed by atoms with E-state index in [1.807, 2.05) is 31.2 Å². The number of nitrogens with zero attached hydrogens (tertiary/aromatic N) is 2. The maximum Gasteiger partial charge on any atom is 0.277 e. The van der Waals surface area contributed by atoms with Crippen LogP contribution in [0.3, 0.4) is 0 Å². The van der Waals surface area contributed by atoms with Crippen LogP contribution in [0.15, 0.2) is 42.5 Å². The molecule has 27 heavy (non-hydrogen) atoms. The highest BCUT2D eigenvalue weighted by molar-refractivity contribution is 6.07. The summed E-state index contributed by atoms with van der Waals surface area (Å²) in [7, 11) is 0. The number of carbonyl (C=O) groups excluding carboxylic acids is 2. The number of nitrogens with one attached hydrogen (secondary N) is 1. The summed E-state index contributed by atoms with van der Waals surface area (Å²) in [5.41, 5.74) is 2.61. The van der Waals surface area contributed by atoms with E-state index in [4.69, 9.17) is 4.74 Å². The Morgan fingerprint density at radius 1 is 1.19 bits per heavy atom. The standard InChI is InChI=1S/C21H23N3O3/c1-14-12-15-6-2-3-10-19(15)24(14)21(26)18-9-4-8-17(23-18)20(25)22-13-16-7-5-11-27-16/h2-4,6,8-10,14,16H,5,7,11-13H2,1H3,(H,22,25). The first kappa shape index (κ1) is 17.7. The Balaban J connectivity index is 1.50. The van der Waals surface area contributed by atoms with Crippen LogP contribution < -0.4 is 10.2 Å². The highest BCUT2D eigenvalue weighted by Crippen LogP contribution is 2.32. The van der Waals surface area contributed by atoms with Crippen LogP contribution in [-0.4, -0.2) is 42.1 Å². The number of rotatable bonds is 4. The predicted molar refractivity (Wildman–Crippen MR) is 102 cm³/mol. The Morgan fingerprint density at radius 2 is 2.00 bits per heavy atom. The number of benzene rings is 1. The molecule has 0 bridgehead atoms. The topological polar surface area (TPSA) is 71.5 Å². The number of hydrogen-bond acceptors (Lipinski definition) is 4. The zero-order chi connectivity index (χ0) is 18.8. The van der Waals surface area contributed by atoms with Crippen molar-refractivity contribution in [2.75, 3.05) is 18.1 Å². The molecule has 4 rings (SSSR count). The molecule has 1 N–H and O–H groups in total. The number of anilines is 1. The number of para-hydroxylation sites is 1. The van der Waals surface area contributed by atoms with Crippen molar-refractivity contribution in [1.82, 2.24) is 10.3 Å². The first-order valence-corrected chi connectivity index (χ1v) is 9.42. The van der Waals surface area contributed by atoms with E-state index in [-0.39, 0.29) is 35.3 Å². The van der Waals surface area contributed by atoms with Crippen molar-refractivity contribution in [3.05, 3.63) is 59.4 Å². The molecule has 1 fully saturated rings. The van der Waals surface area contributed by atoms with E-state index in [1.165, 1.54) is 0 Å². The molecule has 0 spiro atoms. The lowest BCUT2D eigenvalue weighted by Crippen LogP contribution is -2.37. The normalized spacial score (nSPS) is 21.1. The van der Waals surface area contributed by atoms with E-state index in [1.54, 1.807) is 23.1 Å². The average molecular weight is 365 g/mol.